The first-order valence-electron chi connectivity index (χ1n) is 5.89. The largest absolute Gasteiger partial charge is 0.308 e. The SMILES string of the molecule is O=C1C=CCC2NC3C=CC=CC3NCC12. The number of carbonyl (C=O) groups excluding carboxylic acids is 1. The average Bonchev–Trinajstić information content (AvgIpc) is 2.48. The van der Waals surface area contributed by atoms with Crippen LogP contribution >= 0.6 is 0 Å². The number of allylic oxidation sites excluding steroid dienone is 3. The zero-order chi connectivity index (χ0) is 11.0. The minimum atomic E-state index is 0.0948. The second-order valence-electron chi connectivity index (χ2n) is 4.65. The Morgan fingerprint density at radius 3 is 2.88 bits per heavy atom. The van der Waals surface area contributed by atoms with Gasteiger partial charge in [-0.3, -0.25) is 4.79 Å². The van der Waals surface area contributed by atoms with Gasteiger partial charge in [-0.15, -0.1) is 0 Å². The lowest BCUT2D eigenvalue weighted by molar-refractivity contribution is -0.119. The highest BCUT2D eigenvalue weighted by Gasteiger charge is 2.35. The number of rotatable bonds is 0. The molecular formula is C13H16N2O. The maximum atomic E-state index is 11.8. The molecule has 0 radical (unpaired) electrons. The van der Waals surface area contributed by atoms with Crippen LogP contribution in [0, 0.1) is 5.92 Å². The lowest BCUT2D eigenvalue weighted by atomic mass is 9.88. The van der Waals surface area contributed by atoms with Crippen molar-refractivity contribution in [2.45, 2.75) is 24.5 Å². The predicted molar refractivity (Wildman–Crippen MR) is 63.0 cm³/mol. The molecule has 1 heterocycles. The van der Waals surface area contributed by atoms with Crippen molar-refractivity contribution in [2.75, 3.05) is 6.54 Å². The van der Waals surface area contributed by atoms with E-state index in [1.165, 1.54) is 0 Å². The summed E-state index contributed by atoms with van der Waals surface area (Å²) in [6, 6.07) is 0.929. The molecule has 0 bridgehead atoms. The molecule has 3 rings (SSSR count). The maximum Gasteiger partial charge on any atom is 0.161 e. The Morgan fingerprint density at radius 2 is 2.00 bits per heavy atom. The molecule has 16 heavy (non-hydrogen) atoms. The van der Waals surface area contributed by atoms with Gasteiger partial charge in [-0.05, 0) is 12.5 Å². The third kappa shape index (κ3) is 1.66. The van der Waals surface area contributed by atoms with Crippen LogP contribution in [0.2, 0.25) is 0 Å². The number of hydrogen-bond donors (Lipinski definition) is 2. The summed E-state index contributed by atoms with van der Waals surface area (Å²) in [6.45, 7) is 0.778. The Kier molecular flexibility index (Phi) is 2.50. The van der Waals surface area contributed by atoms with Crippen LogP contribution in [0.5, 0.6) is 0 Å². The van der Waals surface area contributed by atoms with Gasteiger partial charge < -0.3 is 10.6 Å². The monoisotopic (exact) mass is 216 g/mol. The zero-order valence-corrected chi connectivity index (χ0v) is 9.10. The molecule has 1 aliphatic heterocycles. The molecule has 2 aliphatic carbocycles. The molecule has 84 valence electrons. The highest BCUT2D eigenvalue weighted by molar-refractivity contribution is 5.93. The van der Waals surface area contributed by atoms with Crippen LogP contribution in [-0.2, 0) is 4.79 Å². The van der Waals surface area contributed by atoms with Crippen LogP contribution in [0.15, 0.2) is 36.5 Å². The van der Waals surface area contributed by atoms with Gasteiger partial charge in [-0.2, -0.15) is 0 Å². The van der Waals surface area contributed by atoms with Crippen molar-refractivity contribution >= 4 is 5.78 Å². The Labute approximate surface area is 95.3 Å². The molecule has 4 atom stereocenters. The zero-order valence-electron chi connectivity index (χ0n) is 9.10. The topological polar surface area (TPSA) is 41.1 Å². The predicted octanol–water partition coefficient (Wildman–Crippen LogP) is 0.556. The van der Waals surface area contributed by atoms with Gasteiger partial charge in [0, 0.05) is 30.6 Å². The molecule has 2 N–H and O–H groups in total. The van der Waals surface area contributed by atoms with Crippen molar-refractivity contribution in [1.82, 2.24) is 10.6 Å². The molecule has 1 fully saturated rings. The molecule has 0 aromatic carbocycles. The van der Waals surface area contributed by atoms with Crippen LogP contribution in [0.3, 0.4) is 0 Å². The number of carbonyl (C=O) groups is 1. The molecule has 0 spiro atoms. The number of fused-ring (bicyclic) bond motifs is 2. The Hall–Kier alpha value is -1.19. The normalized spacial score (nSPS) is 41.4. The van der Waals surface area contributed by atoms with Gasteiger partial charge in [0.2, 0.25) is 0 Å². The van der Waals surface area contributed by atoms with Crippen molar-refractivity contribution in [1.29, 1.82) is 0 Å². The molecule has 3 aliphatic rings. The summed E-state index contributed by atoms with van der Waals surface area (Å²) in [7, 11) is 0. The smallest absolute Gasteiger partial charge is 0.161 e. The van der Waals surface area contributed by atoms with Crippen LogP contribution in [0.1, 0.15) is 6.42 Å². The van der Waals surface area contributed by atoms with Crippen molar-refractivity contribution < 1.29 is 4.79 Å². The minimum absolute atomic E-state index is 0.0948. The average molecular weight is 216 g/mol. The van der Waals surface area contributed by atoms with Crippen molar-refractivity contribution in [3.05, 3.63) is 36.5 Å². The van der Waals surface area contributed by atoms with E-state index >= 15 is 0 Å². The van der Waals surface area contributed by atoms with Gasteiger partial charge >= 0.3 is 0 Å². The fourth-order valence-corrected chi connectivity index (χ4v) is 2.72. The van der Waals surface area contributed by atoms with Gasteiger partial charge in [0.1, 0.15) is 0 Å². The first-order valence-corrected chi connectivity index (χ1v) is 5.89. The Bertz CT molecular complexity index is 383. The van der Waals surface area contributed by atoms with Gasteiger partial charge in [0.05, 0.1) is 0 Å². The summed E-state index contributed by atoms with van der Waals surface area (Å²) in [6.07, 6.45) is 13.1. The number of hydrogen-bond acceptors (Lipinski definition) is 3. The van der Waals surface area contributed by atoms with E-state index in [2.05, 4.69) is 34.9 Å². The fourth-order valence-electron chi connectivity index (χ4n) is 2.72. The van der Waals surface area contributed by atoms with E-state index in [4.69, 9.17) is 0 Å². The second-order valence-corrected chi connectivity index (χ2v) is 4.65. The van der Waals surface area contributed by atoms with Crippen LogP contribution in [0.4, 0.5) is 0 Å². The minimum Gasteiger partial charge on any atom is -0.308 e. The summed E-state index contributed by atoms with van der Waals surface area (Å²) >= 11 is 0. The summed E-state index contributed by atoms with van der Waals surface area (Å²) in [4.78, 5) is 11.8. The first-order chi connectivity index (χ1) is 7.84. The first kappa shape index (κ1) is 10.00. The van der Waals surface area contributed by atoms with Crippen molar-refractivity contribution in [3.63, 3.8) is 0 Å². The quantitative estimate of drug-likeness (QED) is 0.621. The maximum absolute atomic E-state index is 11.8. The van der Waals surface area contributed by atoms with Gasteiger partial charge in [0.15, 0.2) is 5.78 Å². The van der Waals surface area contributed by atoms with E-state index in [1.54, 1.807) is 6.08 Å². The molecule has 0 aromatic heterocycles. The fraction of sp³-hybridized carbons (Fsp3) is 0.462. The highest BCUT2D eigenvalue weighted by Crippen LogP contribution is 2.21. The van der Waals surface area contributed by atoms with Crippen molar-refractivity contribution in [2.24, 2.45) is 5.92 Å². The molecule has 3 nitrogen and oxygen atoms in total. The van der Waals surface area contributed by atoms with Gasteiger partial charge in [-0.1, -0.05) is 30.4 Å². The molecule has 0 saturated carbocycles. The lowest BCUT2D eigenvalue weighted by Gasteiger charge is -2.28. The van der Waals surface area contributed by atoms with E-state index < -0.39 is 0 Å². The van der Waals surface area contributed by atoms with E-state index in [1.807, 2.05) is 6.08 Å². The summed E-state index contributed by atoms with van der Waals surface area (Å²) < 4.78 is 0. The third-order valence-electron chi connectivity index (χ3n) is 3.64. The third-order valence-corrected chi connectivity index (χ3v) is 3.64. The Balaban J connectivity index is 1.84. The molecule has 1 saturated heterocycles. The van der Waals surface area contributed by atoms with E-state index in [0.717, 1.165) is 13.0 Å². The van der Waals surface area contributed by atoms with Crippen LogP contribution < -0.4 is 10.6 Å². The van der Waals surface area contributed by atoms with E-state index in [-0.39, 0.29) is 17.7 Å². The van der Waals surface area contributed by atoms with E-state index in [0.29, 0.717) is 12.1 Å². The number of nitrogens with one attached hydrogen (secondary N) is 2. The summed E-state index contributed by atoms with van der Waals surface area (Å²) in [5.74, 6) is 0.347. The summed E-state index contributed by atoms with van der Waals surface area (Å²) in [5.41, 5.74) is 0. The van der Waals surface area contributed by atoms with E-state index in [9.17, 15) is 4.79 Å². The van der Waals surface area contributed by atoms with Crippen LogP contribution in [-0.4, -0.2) is 30.5 Å². The second kappa shape index (κ2) is 4.00. The molecule has 0 aromatic rings. The molecule has 0 amide bonds. The lowest BCUT2D eigenvalue weighted by Crippen LogP contribution is -2.47. The van der Waals surface area contributed by atoms with Crippen LogP contribution in [0.25, 0.3) is 0 Å². The standard InChI is InChI=1S/C13H16N2O/c16-13-7-3-6-10-9(13)8-14-11-4-1-2-5-12(11)15-10/h1-5,7,9-12,14-15H,6,8H2. The Morgan fingerprint density at radius 1 is 1.19 bits per heavy atom. The van der Waals surface area contributed by atoms with Gasteiger partial charge in [-0.25, -0.2) is 0 Å². The van der Waals surface area contributed by atoms with Gasteiger partial charge in [0.25, 0.3) is 0 Å². The molecular weight excluding hydrogens is 200 g/mol. The summed E-state index contributed by atoms with van der Waals surface area (Å²) in [5, 5.41) is 7.04. The van der Waals surface area contributed by atoms with Crippen molar-refractivity contribution in [3.8, 4) is 0 Å². The highest BCUT2D eigenvalue weighted by atomic mass is 16.1. The molecule has 3 heteroatoms. The molecule has 4 unspecified atom stereocenters. The number of ketones is 1.